The number of rotatable bonds is 5. The Kier molecular flexibility index (Phi) is 5.62. The van der Waals surface area contributed by atoms with Gasteiger partial charge in [-0.2, -0.15) is 0 Å². The van der Waals surface area contributed by atoms with Crippen LogP contribution in [-0.4, -0.2) is 18.5 Å². The molecule has 4 heteroatoms. The third-order valence-corrected chi connectivity index (χ3v) is 4.10. The molecule has 1 aliphatic rings. The molecule has 0 heterocycles. The van der Waals surface area contributed by atoms with E-state index in [4.69, 9.17) is 17.3 Å². The molecule has 1 saturated carbocycles. The van der Waals surface area contributed by atoms with Crippen LogP contribution >= 0.6 is 11.6 Å². The maximum absolute atomic E-state index is 11.9. The van der Waals surface area contributed by atoms with Gasteiger partial charge < -0.3 is 11.1 Å². The van der Waals surface area contributed by atoms with E-state index in [9.17, 15) is 4.79 Å². The minimum Gasteiger partial charge on any atom is -0.348 e. The Balaban J connectivity index is 1.88. The number of benzene rings is 1. The van der Waals surface area contributed by atoms with Crippen LogP contribution < -0.4 is 11.1 Å². The van der Waals surface area contributed by atoms with Crippen molar-refractivity contribution in [2.24, 2.45) is 11.7 Å². The van der Waals surface area contributed by atoms with Gasteiger partial charge >= 0.3 is 0 Å². The van der Waals surface area contributed by atoms with Crippen LogP contribution in [0.2, 0.25) is 5.02 Å². The number of nitrogens with one attached hydrogen (secondary N) is 1. The SMILES string of the molecule is NCC(NC(=O)/C=C/c1ccc(Cl)cc1)C1CCCC1. The Morgan fingerprint density at radius 1 is 1.35 bits per heavy atom. The minimum atomic E-state index is -0.0812. The molecule has 108 valence electrons. The fourth-order valence-electron chi connectivity index (χ4n) is 2.71. The predicted octanol–water partition coefficient (Wildman–Crippen LogP) is 2.99. The molecule has 1 aromatic carbocycles. The van der Waals surface area contributed by atoms with E-state index in [-0.39, 0.29) is 11.9 Å². The van der Waals surface area contributed by atoms with Crippen LogP contribution in [-0.2, 0) is 4.79 Å². The topological polar surface area (TPSA) is 55.1 Å². The molecule has 20 heavy (non-hydrogen) atoms. The van der Waals surface area contributed by atoms with Crippen molar-refractivity contribution in [3.8, 4) is 0 Å². The van der Waals surface area contributed by atoms with Crippen LogP contribution in [0.4, 0.5) is 0 Å². The van der Waals surface area contributed by atoms with Crippen molar-refractivity contribution in [3.63, 3.8) is 0 Å². The van der Waals surface area contributed by atoms with E-state index in [2.05, 4.69) is 5.32 Å². The van der Waals surface area contributed by atoms with Crippen molar-refractivity contribution in [1.29, 1.82) is 0 Å². The molecule has 0 bridgehead atoms. The van der Waals surface area contributed by atoms with E-state index in [1.165, 1.54) is 25.7 Å². The number of carbonyl (C=O) groups is 1. The molecular formula is C16H21ClN2O. The van der Waals surface area contributed by atoms with Crippen molar-refractivity contribution >= 4 is 23.6 Å². The Labute approximate surface area is 125 Å². The minimum absolute atomic E-state index is 0.0812. The average Bonchev–Trinajstić information content (AvgIpc) is 2.98. The van der Waals surface area contributed by atoms with Gasteiger partial charge in [0, 0.05) is 23.7 Å². The quantitative estimate of drug-likeness (QED) is 0.820. The first-order chi connectivity index (χ1) is 9.69. The van der Waals surface area contributed by atoms with Crippen LogP contribution in [0.3, 0.4) is 0 Å². The molecule has 1 amide bonds. The standard InChI is InChI=1S/C16H21ClN2O/c17-14-8-5-12(6-9-14)7-10-16(20)19-15(11-18)13-3-1-2-4-13/h5-10,13,15H,1-4,11,18H2,(H,19,20)/b10-7+. The zero-order valence-electron chi connectivity index (χ0n) is 11.5. The Morgan fingerprint density at radius 3 is 2.60 bits per heavy atom. The van der Waals surface area contributed by atoms with Gasteiger partial charge in [-0.05, 0) is 42.5 Å². The second kappa shape index (κ2) is 7.46. The molecular weight excluding hydrogens is 272 g/mol. The van der Waals surface area contributed by atoms with E-state index in [0.717, 1.165) is 5.56 Å². The summed E-state index contributed by atoms with van der Waals surface area (Å²) in [7, 11) is 0. The highest BCUT2D eigenvalue weighted by Crippen LogP contribution is 2.27. The van der Waals surface area contributed by atoms with Gasteiger partial charge in [-0.15, -0.1) is 0 Å². The second-order valence-electron chi connectivity index (χ2n) is 5.28. The number of halogens is 1. The average molecular weight is 293 g/mol. The van der Waals surface area contributed by atoms with Crippen LogP contribution in [0.25, 0.3) is 6.08 Å². The van der Waals surface area contributed by atoms with Crippen LogP contribution in [0.5, 0.6) is 0 Å². The van der Waals surface area contributed by atoms with E-state index in [1.807, 2.05) is 12.1 Å². The molecule has 1 unspecified atom stereocenters. The number of hydrogen-bond donors (Lipinski definition) is 2. The van der Waals surface area contributed by atoms with Gasteiger partial charge in [-0.1, -0.05) is 36.6 Å². The summed E-state index contributed by atoms with van der Waals surface area (Å²) in [6, 6.07) is 7.47. The maximum Gasteiger partial charge on any atom is 0.244 e. The van der Waals surface area contributed by atoms with Gasteiger partial charge in [0.25, 0.3) is 0 Å². The molecule has 0 aliphatic heterocycles. The zero-order valence-corrected chi connectivity index (χ0v) is 12.3. The lowest BCUT2D eigenvalue weighted by Crippen LogP contribution is -2.43. The Hall–Kier alpha value is -1.32. The van der Waals surface area contributed by atoms with Gasteiger partial charge in [0.1, 0.15) is 0 Å². The van der Waals surface area contributed by atoms with Gasteiger partial charge in [0.05, 0.1) is 0 Å². The van der Waals surface area contributed by atoms with Crippen molar-refractivity contribution < 1.29 is 4.79 Å². The third-order valence-electron chi connectivity index (χ3n) is 3.85. The summed E-state index contributed by atoms with van der Waals surface area (Å²) >= 11 is 5.82. The molecule has 1 fully saturated rings. The van der Waals surface area contributed by atoms with Crippen LogP contribution in [0.15, 0.2) is 30.3 Å². The molecule has 1 aliphatic carbocycles. The first kappa shape index (κ1) is 15.1. The van der Waals surface area contributed by atoms with Crippen molar-refractivity contribution in [2.45, 2.75) is 31.7 Å². The predicted molar refractivity (Wildman–Crippen MR) is 83.4 cm³/mol. The highest BCUT2D eigenvalue weighted by atomic mass is 35.5. The molecule has 0 saturated heterocycles. The number of hydrogen-bond acceptors (Lipinski definition) is 2. The molecule has 1 atom stereocenters. The molecule has 0 radical (unpaired) electrons. The first-order valence-corrected chi connectivity index (χ1v) is 7.51. The van der Waals surface area contributed by atoms with E-state index >= 15 is 0 Å². The van der Waals surface area contributed by atoms with E-state index < -0.39 is 0 Å². The number of carbonyl (C=O) groups excluding carboxylic acids is 1. The zero-order chi connectivity index (χ0) is 14.4. The largest absolute Gasteiger partial charge is 0.348 e. The normalized spacial score (nSPS) is 17.5. The van der Waals surface area contributed by atoms with Gasteiger partial charge in [0.15, 0.2) is 0 Å². The van der Waals surface area contributed by atoms with Crippen LogP contribution in [0, 0.1) is 5.92 Å². The molecule has 1 aromatic rings. The van der Waals surface area contributed by atoms with Crippen molar-refractivity contribution in [2.75, 3.05) is 6.54 Å². The number of amides is 1. The molecule has 0 aromatic heterocycles. The molecule has 0 spiro atoms. The van der Waals surface area contributed by atoms with Crippen molar-refractivity contribution in [3.05, 3.63) is 40.9 Å². The summed E-state index contributed by atoms with van der Waals surface area (Å²) in [5, 5.41) is 3.70. The highest BCUT2D eigenvalue weighted by Gasteiger charge is 2.24. The Morgan fingerprint density at radius 2 is 2.00 bits per heavy atom. The summed E-state index contributed by atoms with van der Waals surface area (Å²) in [5.74, 6) is 0.454. The van der Waals surface area contributed by atoms with Gasteiger partial charge in [0.2, 0.25) is 5.91 Å². The highest BCUT2D eigenvalue weighted by molar-refractivity contribution is 6.30. The fourth-order valence-corrected chi connectivity index (χ4v) is 2.83. The van der Waals surface area contributed by atoms with Gasteiger partial charge in [-0.3, -0.25) is 4.79 Å². The monoisotopic (exact) mass is 292 g/mol. The summed E-state index contributed by atoms with van der Waals surface area (Å²) in [6.07, 6.45) is 8.18. The summed E-state index contributed by atoms with van der Waals surface area (Å²) < 4.78 is 0. The Bertz CT molecular complexity index is 464. The third kappa shape index (κ3) is 4.36. The lowest BCUT2D eigenvalue weighted by molar-refractivity contribution is -0.117. The number of nitrogens with two attached hydrogens (primary N) is 1. The fraction of sp³-hybridized carbons (Fsp3) is 0.438. The van der Waals surface area contributed by atoms with E-state index in [0.29, 0.717) is 17.5 Å². The lowest BCUT2D eigenvalue weighted by atomic mass is 9.98. The second-order valence-corrected chi connectivity index (χ2v) is 5.72. The van der Waals surface area contributed by atoms with Gasteiger partial charge in [-0.25, -0.2) is 0 Å². The molecule has 2 rings (SSSR count). The molecule has 3 nitrogen and oxygen atoms in total. The summed E-state index contributed by atoms with van der Waals surface area (Å²) in [4.78, 5) is 11.9. The van der Waals surface area contributed by atoms with Crippen LogP contribution in [0.1, 0.15) is 31.2 Å². The smallest absolute Gasteiger partial charge is 0.244 e. The lowest BCUT2D eigenvalue weighted by Gasteiger charge is -2.22. The van der Waals surface area contributed by atoms with Crippen molar-refractivity contribution in [1.82, 2.24) is 5.32 Å². The first-order valence-electron chi connectivity index (χ1n) is 7.13. The summed E-state index contributed by atoms with van der Waals surface area (Å²) in [5.41, 5.74) is 6.72. The summed E-state index contributed by atoms with van der Waals surface area (Å²) in [6.45, 7) is 0.505. The van der Waals surface area contributed by atoms with E-state index in [1.54, 1.807) is 24.3 Å². The molecule has 3 N–H and O–H groups in total. The maximum atomic E-state index is 11.9.